The number of hydrogen-bond acceptors (Lipinski definition) is 6. The van der Waals surface area contributed by atoms with Crippen LogP contribution in [0.15, 0.2) is 84.9 Å². The van der Waals surface area contributed by atoms with Crippen molar-refractivity contribution in [2.24, 2.45) is 0 Å². The predicted octanol–water partition coefficient (Wildman–Crippen LogP) is 6.06. The minimum Gasteiger partial charge on any atom is -0.445 e. The molecule has 1 heterocycles. The number of para-hydroxylation sites is 2. The van der Waals surface area contributed by atoms with Crippen LogP contribution in [0.5, 0.6) is 0 Å². The first-order valence-electron chi connectivity index (χ1n) is 11.3. The Morgan fingerprint density at radius 3 is 2.35 bits per heavy atom. The molecule has 2 N–H and O–H groups in total. The highest BCUT2D eigenvalue weighted by molar-refractivity contribution is 7.20. The molecule has 0 fully saturated rings. The number of hydrogen-bond donors (Lipinski definition) is 2. The molecule has 0 saturated heterocycles. The van der Waals surface area contributed by atoms with E-state index >= 15 is 0 Å². The third-order valence-electron chi connectivity index (χ3n) is 5.34. The van der Waals surface area contributed by atoms with E-state index in [0.717, 1.165) is 34.3 Å². The molecule has 34 heavy (non-hydrogen) atoms. The van der Waals surface area contributed by atoms with Crippen molar-refractivity contribution in [1.29, 1.82) is 0 Å². The van der Waals surface area contributed by atoms with Gasteiger partial charge in [-0.3, -0.25) is 4.79 Å². The zero-order valence-electron chi connectivity index (χ0n) is 18.8. The number of nitrogens with zero attached hydrogens (tertiary/aromatic N) is 1. The number of fused-ring (bicyclic) bond motifs is 1. The summed E-state index contributed by atoms with van der Waals surface area (Å²) in [5.41, 5.74) is 2.68. The van der Waals surface area contributed by atoms with Gasteiger partial charge in [-0.05, 0) is 49.1 Å². The Bertz CT molecular complexity index is 1180. The molecule has 0 unspecified atom stereocenters. The van der Waals surface area contributed by atoms with Crippen LogP contribution in [0.3, 0.4) is 0 Å². The Morgan fingerprint density at radius 1 is 0.882 bits per heavy atom. The first-order chi connectivity index (χ1) is 16.7. The number of alkyl carbamates (subject to hydrolysis) is 1. The third-order valence-corrected chi connectivity index (χ3v) is 6.39. The van der Waals surface area contributed by atoms with Crippen molar-refractivity contribution in [2.45, 2.75) is 31.9 Å². The van der Waals surface area contributed by atoms with Crippen molar-refractivity contribution < 1.29 is 14.3 Å². The highest BCUT2D eigenvalue weighted by Crippen LogP contribution is 2.24. The average Bonchev–Trinajstić information content (AvgIpc) is 3.32. The number of unbranched alkanes of at least 4 members (excludes halogenated alkanes) is 1. The third kappa shape index (κ3) is 6.65. The van der Waals surface area contributed by atoms with Gasteiger partial charge < -0.3 is 15.4 Å². The number of carbonyl (C=O) groups excluding carboxylic acids is 2. The quantitative estimate of drug-likeness (QED) is 0.205. The smallest absolute Gasteiger partial charge is 0.407 e. The predicted molar refractivity (Wildman–Crippen MR) is 136 cm³/mol. The molecule has 1 atom stereocenters. The summed E-state index contributed by atoms with van der Waals surface area (Å²) in [5.74, 6) is -0.0136. The van der Waals surface area contributed by atoms with Crippen LogP contribution in [-0.4, -0.2) is 29.4 Å². The molecule has 3 aromatic carbocycles. The number of ketones is 1. The maximum absolute atomic E-state index is 13.3. The first kappa shape index (κ1) is 23.4. The number of thiazole rings is 1. The van der Waals surface area contributed by atoms with Gasteiger partial charge in [0, 0.05) is 12.2 Å². The van der Waals surface area contributed by atoms with E-state index in [-0.39, 0.29) is 12.4 Å². The van der Waals surface area contributed by atoms with E-state index in [1.807, 2.05) is 84.9 Å². The van der Waals surface area contributed by atoms with Crippen molar-refractivity contribution in [3.8, 4) is 0 Å². The molecule has 1 aromatic heterocycles. The van der Waals surface area contributed by atoms with Crippen LogP contribution >= 0.6 is 11.3 Å². The second-order valence-electron chi connectivity index (χ2n) is 7.90. The monoisotopic (exact) mass is 473 g/mol. The largest absolute Gasteiger partial charge is 0.445 e. The Kier molecular flexibility index (Phi) is 8.24. The minimum atomic E-state index is -0.437. The summed E-state index contributed by atoms with van der Waals surface area (Å²) in [6, 6.07) is 26.7. The molecule has 1 amide bonds. The zero-order valence-corrected chi connectivity index (χ0v) is 19.6. The standard InChI is InChI=1S/C27H27N3O3S/c31-25(26-30-22-15-7-8-17-24(22)34-26)23(29-21-13-5-2-6-14-21)16-9-10-18-28-27(32)33-19-20-11-3-1-4-12-20/h1-8,11-15,17,23,29H,9-10,16,18-19H2,(H,28,32)/t23-/m0/s1. The van der Waals surface area contributed by atoms with Crippen LogP contribution < -0.4 is 10.6 Å². The summed E-state index contributed by atoms with van der Waals surface area (Å²) in [7, 11) is 0. The summed E-state index contributed by atoms with van der Waals surface area (Å²) in [5, 5.41) is 6.65. The summed E-state index contributed by atoms with van der Waals surface area (Å²) in [6.45, 7) is 0.730. The van der Waals surface area contributed by atoms with E-state index < -0.39 is 12.1 Å². The maximum atomic E-state index is 13.3. The molecule has 7 heteroatoms. The molecular formula is C27H27N3O3S. The topological polar surface area (TPSA) is 80.3 Å². The first-order valence-corrected chi connectivity index (χ1v) is 12.2. The summed E-state index contributed by atoms with van der Waals surface area (Å²) < 4.78 is 6.24. The Morgan fingerprint density at radius 2 is 1.59 bits per heavy atom. The maximum Gasteiger partial charge on any atom is 0.407 e. The van der Waals surface area contributed by atoms with Gasteiger partial charge in [-0.15, -0.1) is 11.3 Å². The minimum absolute atomic E-state index is 0.0136. The summed E-state index contributed by atoms with van der Waals surface area (Å²) in [6.07, 6.45) is 1.69. The Labute approximate surface area is 203 Å². The lowest BCUT2D eigenvalue weighted by atomic mass is 10.0. The van der Waals surface area contributed by atoms with E-state index in [0.29, 0.717) is 18.0 Å². The number of rotatable bonds is 11. The van der Waals surface area contributed by atoms with Crippen molar-refractivity contribution in [3.63, 3.8) is 0 Å². The van der Waals surface area contributed by atoms with Gasteiger partial charge in [-0.1, -0.05) is 60.7 Å². The molecule has 0 bridgehead atoms. The lowest BCUT2D eigenvalue weighted by Gasteiger charge is -2.18. The number of aromatic nitrogens is 1. The van der Waals surface area contributed by atoms with Gasteiger partial charge in [0.2, 0.25) is 5.78 Å². The van der Waals surface area contributed by atoms with Crippen LogP contribution in [-0.2, 0) is 11.3 Å². The number of carbonyl (C=O) groups is 2. The van der Waals surface area contributed by atoms with E-state index in [1.54, 1.807) is 0 Å². The number of ether oxygens (including phenoxy) is 1. The van der Waals surface area contributed by atoms with Gasteiger partial charge in [-0.2, -0.15) is 0 Å². The number of nitrogens with one attached hydrogen (secondary N) is 2. The molecule has 0 aliphatic rings. The highest BCUT2D eigenvalue weighted by Gasteiger charge is 2.23. The number of anilines is 1. The molecule has 6 nitrogen and oxygen atoms in total. The summed E-state index contributed by atoms with van der Waals surface area (Å²) in [4.78, 5) is 29.8. The second-order valence-corrected chi connectivity index (χ2v) is 8.93. The molecule has 174 valence electrons. The SMILES string of the molecule is O=C(NCCCC[C@H](Nc1ccccc1)C(=O)c1nc2ccccc2s1)OCc1ccccc1. The molecular weight excluding hydrogens is 446 g/mol. The van der Waals surface area contributed by atoms with E-state index in [9.17, 15) is 9.59 Å². The van der Waals surface area contributed by atoms with E-state index in [2.05, 4.69) is 15.6 Å². The normalized spacial score (nSPS) is 11.6. The number of Topliss-reactive ketones (excluding diaryl/α,β-unsaturated/α-hetero) is 1. The van der Waals surface area contributed by atoms with Crippen LogP contribution in [0, 0.1) is 0 Å². The van der Waals surface area contributed by atoms with Crippen LogP contribution in [0.1, 0.15) is 34.6 Å². The van der Waals surface area contributed by atoms with Gasteiger partial charge in [0.25, 0.3) is 0 Å². The van der Waals surface area contributed by atoms with Crippen molar-refractivity contribution in [2.75, 3.05) is 11.9 Å². The molecule has 4 rings (SSSR count). The molecule has 0 aliphatic heterocycles. The second kappa shape index (κ2) is 12.0. The van der Waals surface area contributed by atoms with Crippen LogP contribution in [0.25, 0.3) is 10.2 Å². The Hall–Kier alpha value is -3.71. The summed E-state index contributed by atoms with van der Waals surface area (Å²) >= 11 is 1.42. The van der Waals surface area contributed by atoms with Gasteiger partial charge in [0.1, 0.15) is 6.61 Å². The van der Waals surface area contributed by atoms with Gasteiger partial charge >= 0.3 is 6.09 Å². The number of benzene rings is 3. The van der Waals surface area contributed by atoms with Crippen molar-refractivity contribution >= 4 is 39.1 Å². The van der Waals surface area contributed by atoms with E-state index in [4.69, 9.17) is 4.74 Å². The van der Waals surface area contributed by atoms with E-state index in [1.165, 1.54) is 11.3 Å². The lowest BCUT2D eigenvalue weighted by molar-refractivity contribution is 0.0964. The van der Waals surface area contributed by atoms with Gasteiger partial charge in [-0.25, -0.2) is 9.78 Å². The van der Waals surface area contributed by atoms with Gasteiger partial charge in [0.15, 0.2) is 5.01 Å². The fraction of sp³-hybridized carbons (Fsp3) is 0.222. The average molecular weight is 474 g/mol. The van der Waals surface area contributed by atoms with Crippen molar-refractivity contribution in [3.05, 3.63) is 95.5 Å². The molecule has 0 spiro atoms. The van der Waals surface area contributed by atoms with Crippen LogP contribution in [0.2, 0.25) is 0 Å². The molecule has 0 saturated carbocycles. The molecule has 0 aliphatic carbocycles. The molecule has 4 aromatic rings. The highest BCUT2D eigenvalue weighted by atomic mass is 32.1. The molecule has 0 radical (unpaired) electrons. The Balaban J connectivity index is 1.29. The lowest BCUT2D eigenvalue weighted by Crippen LogP contribution is -2.30. The van der Waals surface area contributed by atoms with Crippen molar-refractivity contribution in [1.82, 2.24) is 10.3 Å². The fourth-order valence-electron chi connectivity index (χ4n) is 3.57. The van der Waals surface area contributed by atoms with Crippen LogP contribution in [0.4, 0.5) is 10.5 Å². The number of amides is 1. The van der Waals surface area contributed by atoms with Gasteiger partial charge in [0.05, 0.1) is 16.3 Å². The fourth-order valence-corrected chi connectivity index (χ4v) is 4.53. The zero-order chi connectivity index (χ0) is 23.6.